The standard InChI is InChI=1S/C27H58N4O5S2Si/c1-26(2,3)39(6,7)36-24(27(4,5)21-33)25(35)31-15-11-23(34)30-17-20-38-22-37-19-16-29-14-10-13-28-12-8-9-18-32/h24,28-29,32-33H,8-22H2,1-7H3,(H,30,34)(H,31,35)/t24-/m0/s1. The molecule has 0 aliphatic carbocycles. The molecule has 6 N–H and O–H groups in total. The highest BCUT2D eigenvalue weighted by atomic mass is 32.2. The fraction of sp³-hybridized carbons (Fsp3) is 0.926. The van der Waals surface area contributed by atoms with Gasteiger partial charge in [0.1, 0.15) is 6.10 Å². The molecule has 0 fully saturated rings. The third kappa shape index (κ3) is 18.7. The van der Waals surface area contributed by atoms with Gasteiger partial charge in [-0.1, -0.05) is 34.6 Å². The minimum atomic E-state index is -2.23. The van der Waals surface area contributed by atoms with Gasteiger partial charge in [-0.2, -0.15) is 0 Å². The first kappa shape index (κ1) is 38.7. The van der Waals surface area contributed by atoms with Crippen LogP contribution in [-0.4, -0.2) is 106 Å². The van der Waals surface area contributed by atoms with Gasteiger partial charge in [0.15, 0.2) is 8.32 Å². The Labute approximate surface area is 247 Å². The van der Waals surface area contributed by atoms with Crippen LogP contribution in [0.1, 0.15) is 60.3 Å². The third-order valence-corrected chi connectivity index (χ3v) is 13.6. The molecule has 0 aromatic carbocycles. The zero-order chi connectivity index (χ0) is 29.8. The molecule has 39 heavy (non-hydrogen) atoms. The smallest absolute Gasteiger partial charge is 0.248 e. The van der Waals surface area contributed by atoms with Crippen molar-refractivity contribution in [1.82, 2.24) is 21.3 Å². The summed E-state index contributed by atoms with van der Waals surface area (Å²) in [7, 11) is -2.23. The van der Waals surface area contributed by atoms with Crippen molar-refractivity contribution in [3.8, 4) is 0 Å². The van der Waals surface area contributed by atoms with Crippen molar-refractivity contribution >= 4 is 43.7 Å². The first-order valence-corrected chi connectivity index (χ1v) is 19.5. The third-order valence-electron chi connectivity index (χ3n) is 6.85. The summed E-state index contributed by atoms with van der Waals surface area (Å²) in [6.07, 6.45) is 2.43. The van der Waals surface area contributed by atoms with Gasteiger partial charge in [0.25, 0.3) is 0 Å². The molecule has 0 unspecified atom stereocenters. The summed E-state index contributed by atoms with van der Waals surface area (Å²) < 4.78 is 6.39. The van der Waals surface area contributed by atoms with Crippen LogP contribution in [0.15, 0.2) is 0 Å². The molecule has 0 saturated heterocycles. The molecule has 0 aromatic rings. The first-order valence-electron chi connectivity index (χ1n) is 14.3. The average Bonchev–Trinajstić information content (AvgIpc) is 2.86. The molecule has 232 valence electrons. The molecular formula is C27H58N4O5S2Si. The van der Waals surface area contributed by atoms with Gasteiger partial charge in [0, 0.05) is 54.7 Å². The monoisotopic (exact) mass is 610 g/mol. The fourth-order valence-corrected chi connectivity index (χ4v) is 6.45. The van der Waals surface area contributed by atoms with Crippen molar-refractivity contribution in [3.05, 3.63) is 0 Å². The number of hydrogen-bond donors (Lipinski definition) is 6. The number of carbonyl (C=O) groups excluding carboxylic acids is 2. The van der Waals surface area contributed by atoms with E-state index in [2.05, 4.69) is 55.1 Å². The van der Waals surface area contributed by atoms with E-state index in [1.807, 2.05) is 37.4 Å². The minimum Gasteiger partial charge on any atom is -0.404 e. The molecular weight excluding hydrogens is 553 g/mol. The van der Waals surface area contributed by atoms with Crippen LogP contribution in [0, 0.1) is 5.41 Å². The van der Waals surface area contributed by atoms with E-state index >= 15 is 0 Å². The van der Waals surface area contributed by atoms with E-state index in [4.69, 9.17) is 9.53 Å². The summed E-state index contributed by atoms with van der Waals surface area (Å²) >= 11 is 3.70. The molecule has 0 bridgehead atoms. The number of aliphatic hydroxyl groups is 2. The average molecular weight is 611 g/mol. The van der Waals surface area contributed by atoms with E-state index < -0.39 is 19.8 Å². The maximum absolute atomic E-state index is 13.0. The van der Waals surface area contributed by atoms with Gasteiger partial charge in [-0.05, 0) is 57.0 Å². The Hall–Kier alpha value is -0.343. The minimum absolute atomic E-state index is 0.0658. The van der Waals surface area contributed by atoms with Gasteiger partial charge in [0.2, 0.25) is 11.8 Å². The molecule has 0 aliphatic heterocycles. The van der Waals surface area contributed by atoms with Crippen molar-refractivity contribution < 1.29 is 24.2 Å². The van der Waals surface area contributed by atoms with Crippen LogP contribution >= 0.6 is 23.5 Å². The number of aliphatic hydroxyl groups excluding tert-OH is 2. The van der Waals surface area contributed by atoms with Gasteiger partial charge in [-0.15, -0.1) is 23.5 Å². The molecule has 1 atom stereocenters. The second-order valence-electron chi connectivity index (χ2n) is 12.0. The van der Waals surface area contributed by atoms with Gasteiger partial charge < -0.3 is 35.9 Å². The summed E-state index contributed by atoms with van der Waals surface area (Å²) in [5.74, 6) is 1.56. The fourth-order valence-electron chi connectivity index (χ4n) is 3.14. The van der Waals surface area contributed by atoms with Crippen molar-refractivity contribution in [2.45, 2.75) is 84.5 Å². The highest BCUT2D eigenvalue weighted by Crippen LogP contribution is 2.39. The number of carbonyl (C=O) groups is 2. The largest absolute Gasteiger partial charge is 0.404 e. The van der Waals surface area contributed by atoms with Crippen LogP contribution in [-0.2, 0) is 14.0 Å². The van der Waals surface area contributed by atoms with Gasteiger partial charge in [0.05, 0.1) is 6.61 Å². The van der Waals surface area contributed by atoms with Crippen LogP contribution in [0.2, 0.25) is 18.1 Å². The Morgan fingerprint density at radius 1 is 0.821 bits per heavy atom. The highest BCUT2D eigenvalue weighted by Gasteiger charge is 2.45. The predicted octanol–water partition coefficient (Wildman–Crippen LogP) is 2.78. The van der Waals surface area contributed by atoms with E-state index in [0.29, 0.717) is 6.54 Å². The number of nitrogens with one attached hydrogen (secondary N) is 4. The molecule has 2 amide bonds. The Balaban J connectivity index is 3.95. The van der Waals surface area contributed by atoms with Crippen LogP contribution < -0.4 is 21.3 Å². The predicted molar refractivity (Wildman–Crippen MR) is 170 cm³/mol. The van der Waals surface area contributed by atoms with Crippen molar-refractivity contribution in [3.63, 3.8) is 0 Å². The second-order valence-corrected chi connectivity index (χ2v) is 19.3. The maximum Gasteiger partial charge on any atom is 0.248 e. The molecule has 0 rings (SSSR count). The van der Waals surface area contributed by atoms with Crippen LogP contribution in [0.4, 0.5) is 0 Å². The molecule has 0 saturated carbocycles. The van der Waals surface area contributed by atoms with Gasteiger partial charge in [-0.3, -0.25) is 9.59 Å². The van der Waals surface area contributed by atoms with Crippen LogP contribution in [0.25, 0.3) is 0 Å². The van der Waals surface area contributed by atoms with Crippen molar-refractivity contribution in [2.75, 3.05) is 69.1 Å². The summed E-state index contributed by atoms with van der Waals surface area (Å²) in [6.45, 7) is 19.1. The molecule has 0 heterocycles. The van der Waals surface area contributed by atoms with E-state index in [0.717, 1.165) is 62.0 Å². The van der Waals surface area contributed by atoms with E-state index in [1.54, 1.807) is 0 Å². The zero-order valence-corrected chi connectivity index (χ0v) is 28.3. The topological polar surface area (TPSA) is 132 Å². The number of thioether (sulfide) groups is 2. The van der Waals surface area contributed by atoms with Crippen LogP contribution in [0.5, 0.6) is 0 Å². The molecule has 12 heteroatoms. The van der Waals surface area contributed by atoms with Crippen molar-refractivity contribution in [2.24, 2.45) is 5.41 Å². The Morgan fingerprint density at radius 3 is 2.00 bits per heavy atom. The Bertz CT molecular complexity index is 667. The summed E-state index contributed by atoms with van der Waals surface area (Å²) in [5.41, 5.74) is -0.730. The lowest BCUT2D eigenvalue weighted by Crippen LogP contribution is -2.55. The highest BCUT2D eigenvalue weighted by molar-refractivity contribution is 8.15. The molecule has 0 aromatic heterocycles. The molecule has 0 spiro atoms. The number of rotatable bonds is 24. The lowest BCUT2D eigenvalue weighted by Gasteiger charge is -2.43. The second kappa shape index (κ2) is 21.4. The lowest BCUT2D eigenvalue weighted by molar-refractivity contribution is -0.135. The van der Waals surface area contributed by atoms with Gasteiger partial charge in [-0.25, -0.2) is 0 Å². The Kier molecular flexibility index (Phi) is 21.2. The molecule has 0 radical (unpaired) electrons. The summed E-state index contributed by atoms with van der Waals surface area (Å²) in [4.78, 5) is 25.2. The van der Waals surface area contributed by atoms with E-state index in [9.17, 15) is 14.7 Å². The van der Waals surface area contributed by atoms with E-state index in [1.165, 1.54) is 0 Å². The van der Waals surface area contributed by atoms with Gasteiger partial charge >= 0.3 is 0 Å². The van der Waals surface area contributed by atoms with E-state index in [-0.39, 0.29) is 43.0 Å². The SMILES string of the molecule is CC(C)(CO)[C@@H](O[Si](C)(C)C(C)(C)C)C(=O)NCCC(=O)NCCSCSCCNCCCNCCCCO. The summed E-state index contributed by atoms with van der Waals surface area (Å²) in [6, 6.07) is 0. The lowest BCUT2D eigenvalue weighted by atomic mass is 9.87. The first-order chi connectivity index (χ1) is 18.3. The van der Waals surface area contributed by atoms with Crippen LogP contribution in [0.3, 0.4) is 0 Å². The molecule has 9 nitrogen and oxygen atoms in total. The number of hydrogen-bond acceptors (Lipinski definition) is 9. The quantitative estimate of drug-likeness (QED) is 0.0555. The zero-order valence-electron chi connectivity index (χ0n) is 25.6. The van der Waals surface area contributed by atoms with Crippen molar-refractivity contribution in [1.29, 1.82) is 0 Å². The number of unbranched alkanes of at least 4 members (excludes halogenated alkanes) is 1. The summed E-state index contributed by atoms with van der Waals surface area (Å²) in [5, 5.41) is 32.1. The maximum atomic E-state index is 13.0. The normalized spacial score (nSPS) is 13.4. The number of amides is 2. The Morgan fingerprint density at radius 2 is 1.41 bits per heavy atom. The molecule has 0 aliphatic rings.